The van der Waals surface area contributed by atoms with Crippen LogP contribution in [0.4, 0.5) is 0 Å². The van der Waals surface area contributed by atoms with Gasteiger partial charge in [0, 0.05) is 17.1 Å². The zero-order chi connectivity index (χ0) is 20.5. The largest absolute Gasteiger partial charge is 0.311 e. The molecule has 2 aliphatic rings. The molecular formula is C23H24N6O. The van der Waals surface area contributed by atoms with Crippen molar-refractivity contribution in [2.45, 2.75) is 51.1 Å². The summed E-state index contributed by atoms with van der Waals surface area (Å²) in [5, 5.41) is 8.99. The third kappa shape index (κ3) is 2.76. The predicted molar refractivity (Wildman–Crippen MR) is 116 cm³/mol. The van der Waals surface area contributed by atoms with Crippen molar-refractivity contribution in [3.05, 3.63) is 58.4 Å². The van der Waals surface area contributed by atoms with Gasteiger partial charge >= 0.3 is 0 Å². The first kappa shape index (κ1) is 17.8. The van der Waals surface area contributed by atoms with Crippen molar-refractivity contribution < 1.29 is 0 Å². The molecule has 1 unspecified atom stereocenters. The maximum atomic E-state index is 13.2. The summed E-state index contributed by atoms with van der Waals surface area (Å²) in [7, 11) is 0. The fourth-order valence-corrected chi connectivity index (χ4v) is 4.84. The van der Waals surface area contributed by atoms with Gasteiger partial charge in [-0.15, -0.1) is 0 Å². The predicted octanol–water partition coefficient (Wildman–Crippen LogP) is 3.18. The molecule has 1 N–H and O–H groups in total. The lowest BCUT2D eigenvalue weighted by molar-refractivity contribution is 0.281. The highest BCUT2D eigenvalue weighted by Gasteiger charge is 2.46. The first-order chi connectivity index (χ1) is 14.5. The second kappa shape index (κ2) is 6.22. The molecule has 6 rings (SSSR count). The first-order valence-electron chi connectivity index (χ1n) is 10.6. The van der Waals surface area contributed by atoms with E-state index in [0.717, 1.165) is 47.5 Å². The Morgan fingerprint density at radius 3 is 2.90 bits per heavy atom. The molecule has 1 saturated carbocycles. The van der Waals surface area contributed by atoms with Gasteiger partial charge in [0.25, 0.3) is 5.56 Å². The summed E-state index contributed by atoms with van der Waals surface area (Å²) in [5.41, 5.74) is 5.71. The molecule has 4 heterocycles. The standard InChI is InChI=1S/C23H24N6O/c1-14-9-19(27-29-12-15(2)26-21(14)29)16-3-4-18-20(10-16)24-13-28(22(18)30)17-5-8-25-23(11-17)6-7-23/h3-4,9-10,12-13,17,25H,5-8,11H2,1-2H3. The Morgan fingerprint density at radius 1 is 1.20 bits per heavy atom. The van der Waals surface area contributed by atoms with Crippen LogP contribution in [0.5, 0.6) is 0 Å². The summed E-state index contributed by atoms with van der Waals surface area (Å²) < 4.78 is 3.67. The zero-order valence-electron chi connectivity index (χ0n) is 17.2. The fraction of sp³-hybridized carbons (Fsp3) is 0.391. The molecule has 1 atom stereocenters. The minimum Gasteiger partial charge on any atom is -0.311 e. The summed E-state index contributed by atoms with van der Waals surface area (Å²) in [6.07, 6.45) is 8.09. The quantitative estimate of drug-likeness (QED) is 0.559. The van der Waals surface area contributed by atoms with E-state index in [2.05, 4.69) is 15.3 Å². The number of hydrogen-bond acceptors (Lipinski definition) is 5. The van der Waals surface area contributed by atoms with Crippen LogP contribution in [-0.4, -0.2) is 36.2 Å². The Bertz CT molecular complexity index is 1360. The van der Waals surface area contributed by atoms with Crippen molar-refractivity contribution in [2.24, 2.45) is 0 Å². The van der Waals surface area contributed by atoms with E-state index in [1.54, 1.807) is 6.33 Å². The summed E-state index contributed by atoms with van der Waals surface area (Å²) in [5.74, 6) is 0. The minimum atomic E-state index is 0.0547. The Hall–Kier alpha value is -3.06. The van der Waals surface area contributed by atoms with Crippen LogP contribution in [0.1, 0.15) is 43.0 Å². The molecule has 1 aromatic carbocycles. The third-order valence-corrected chi connectivity index (χ3v) is 6.66. The minimum absolute atomic E-state index is 0.0547. The average molecular weight is 400 g/mol. The summed E-state index contributed by atoms with van der Waals surface area (Å²) in [4.78, 5) is 22.4. The number of rotatable bonds is 2. The molecule has 7 nitrogen and oxygen atoms in total. The maximum absolute atomic E-state index is 13.2. The van der Waals surface area contributed by atoms with Crippen LogP contribution in [0.15, 0.2) is 41.6 Å². The highest BCUT2D eigenvalue weighted by atomic mass is 16.1. The van der Waals surface area contributed by atoms with E-state index in [4.69, 9.17) is 5.10 Å². The van der Waals surface area contributed by atoms with E-state index < -0.39 is 0 Å². The lowest BCUT2D eigenvalue weighted by Gasteiger charge is -2.31. The van der Waals surface area contributed by atoms with Crippen molar-refractivity contribution in [3.8, 4) is 11.3 Å². The van der Waals surface area contributed by atoms with Crippen molar-refractivity contribution >= 4 is 16.6 Å². The molecule has 0 bridgehead atoms. The van der Waals surface area contributed by atoms with Gasteiger partial charge in [-0.25, -0.2) is 14.5 Å². The van der Waals surface area contributed by atoms with E-state index in [1.165, 1.54) is 12.8 Å². The molecule has 152 valence electrons. The van der Waals surface area contributed by atoms with Gasteiger partial charge in [0.1, 0.15) is 0 Å². The number of aryl methyl sites for hydroxylation is 2. The Labute approximate surface area is 173 Å². The highest BCUT2D eigenvalue weighted by Crippen LogP contribution is 2.45. The fourth-order valence-electron chi connectivity index (χ4n) is 4.84. The van der Waals surface area contributed by atoms with E-state index in [1.807, 2.05) is 53.4 Å². The molecule has 0 radical (unpaired) electrons. The van der Waals surface area contributed by atoms with Gasteiger partial charge in [0.2, 0.25) is 0 Å². The molecule has 7 heteroatoms. The number of imidazole rings is 1. The molecule has 4 aromatic rings. The SMILES string of the molecule is Cc1cn2nc(-c3ccc4c(=O)n(C5CCNC6(CC6)C5)cnc4c3)cc(C)c2n1. The van der Waals surface area contributed by atoms with Gasteiger partial charge in [-0.05, 0) is 69.8 Å². The number of aromatic nitrogens is 5. The highest BCUT2D eigenvalue weighted by molar-refractivity contribution is 5.83. The van der Waals surface area contributed by atoms with Crippen molar-refractivity contribution in [1.29, 1.82) is 0 Å². The van der Waals surface area contributed by atoms with Crippen LogP contribution < -0.4 is 10.9 Å². The number of piperidine rings is 1. The molecule has 1 saturated heterocycles. The van der Waals surface area contributed by atoms with Gasteiger partial charge in [0.05, 0.1) is 34.8 Å². The van der Waals surface area contributed by atoms with Gasteiger partial charge in [0.15, 0.2) is 5.65 Å². The van der Waals surface area contributed by atoms with Gasteiger partial charge in [-0.1, -0.05) is 6.07 Å². The lowest BCUT2D eigenvalue weighted by Crippen LogP contribution is -2.42. The topological polar surface area (TPSA) is 77.1 Å². The molecule has 3 aromatic heterocycles. The van der Waals surface area contributed by atoms with Gasteiger partial charge in [-0.2, -0.15) is 5.10 Å². The Kier molecular flexibility index (Phi) is 3.68. The second-order valence-corrected chi connectivity index (χ2v) is 8.91. The Balaban J connectivity index is 1.41. The molecular weight excluding hydrogens is 376 g/mol. The molecule has 2 fully saturated rings. The second-order valence-electron chi connectivity index (χ2n) is 8.91. The first-order valence-corrected chi connectivity index (χ1v) is 10.6. The summed E-state index contributed by atoms with van der Waals surface area (Å²) in [6, 6.07) is 8.09. The van der Waals surface area contributed by atoms with Crippen molar-refractivity contribution in [1.82, 2.24) is 29.5 Å². The molecule has 0 amide bonds. The monoisotopic (exact) mass is 400 g/mol. The van der Waals surface area contributed by atoms with Crippen molar-refractivity contribution in [2.75, 3.05) is 6.54 Å². The van der Waals surface area contributed by atoms with Crippen LogP contribution in [0.25, 0.3) is 27.8 Å². The number of nitrogens with zero attached hydrogens (tertiary/aromatic N) is 5. The molecule has 1 aliphatic heterocycles. The lowest BCUT2D eigenvalue weighted by atomic mass is 9.97. The number of hydrogen-bond donors (Lipinski definition) is 1. The molecule has 30 heavy (non-hydrogen) atoms. The maximum Gasteiger partial charge on any atom is 0.261 e. The molecule has 1 spiro atoms. The van der Waals surface area contributed by atoms with E-state index in [0.29, 0.717) is 10.9 Å². The third-order valence-electron chi connectivity index (χ3n) is 6.66. The zero-order valence-corrected chi connectivity index (χ0v) is 17.2. The van der Waals surface area contributed by atoms with Gasteiger partial charge in [-0.3, -0.25) is 9.36 Å². The van der Waals surface area contributed by atoms with E-state index in [9.17, 15) is 4.79 Å². The van der Waals surface area contributed by atoms with Crippen LogP contribution in [-0.2, 0) is 0 Å². The smallest absolute Gasteiger partial charge is 0.261 e. The number of fused-ring (bicyclic) bond motifs is 2. The Morgan fingerprint density at radius 2 is 2.07 bits per heavy atom. The summed E-state index contributed by atoms with van der Waals surface area (Å²) in [6.45, 7) is 4.97. The van der Waals surface area contributed by atoms with E-state index in [-0.39, 0.29) is 17.1 Å². The van der Waals surface area contributed by atoms with Crippen LogP contribution in [0.3, 0.4) is 0 Å². The van der Waals surface area contributed by atoms with Gasteiger partial charge < -0.3 is 5.32 Å². The summed E-state index contributed by atoms with van der Waals surface area (Å²) >= 11 is 0. The number of benzene rings is 1. The van der Waals surface area contributed by atoms with Crippen LogP contribution in [0.2, 0.25) is 0 Å². The van der Waals surface area contributed by atoms with E-state index >= 15 is 0 Å². The number of nitrogens with one attached hydrogen (secondary N) is 1. The molecule has 1 aliphatic carbocycles. The average Bonchev–Trinajstić information content (AvgIpc) is 3.35. The van der Waals surface area contributed by atoms with Crippen LogP contribution >= 0.6 is 0 Å². The van der Waals surface area contributed by atoms with Crippen LogP contribution in [0, 0.1) is 13.8 Å². The normalized spacial score (nSPS) is 20.3. The van der Waals surface area contributed by atoms with Crippen molar-refractivity contribution in [3.63, 3.8) is 0 Å².